The summed E-state index contributed by atoms with van der Waals surface area (Å²) in [6.07, 6.45) is 2.37. The molecule has 0 bridgehead atoms. The lowest BCUT2D eigenvalue weighted by molar-refractivity contribution is 0.101. The molecular formula is C12H13N7O2. The molecule has 0 atom stereocenters. The molecule has 1 amide bonds. The number of methoxy groups -OCH3 is 1. The second kappa shape index (κ2) is 5.19. The normalized spacial score (nSPS) is 10.8. The molecule has 3 aromatic heterocycles. The highest BCUT2D eigenvalue weighted by Crippen LogP contribution is 2.22. The molecule has 9 nitrogen and oxygen atoms in total. The zero-order chi connectivity index (χ0) is 14.8. The van der Waals surface area contributed by atoms with Crippen LogP contribution in [0.25, 0.3) is 5.65 Å². The molecule has 0 saturated carbocycles. The topological polar surface area (TPSA) is 110 Å². The van der Waals surface area contributed by atoms with Gasteiger partial charge in [-0.15, -0.1) is 5.10 Å². The SMILES string of the molecule is CCc1nc2c(OC)cccn2c1C(=O)Nc1nn[nH]n1. The Kier molecular flexibility index (Phi) is 3.22. The van der Waals surface area contributed by atoms with Crippen molar-refractivity contribution in [3.63, 3.8) is 0 Å². The molecule has 0 unspecified atom stereocenters. The number of H-pyrrole nitrogens is 1. The van der Waals surface area contributed by atoms with Gasteiger partial charge in [-0.2, -0.15) is 5.21 Å². The lowest BCUT2D eigenvalue weighted by Crippen LogP contribution is -2.17. The van der Waals surface area contributed by atoms with E-state index in [9.17, 15) is 4.79 Å². The van der Waals surface area contributed by atoms with Crippen molar-refractivity contribution in [2.75, 3.05) is 12.4 Å². The van der Waals surface area contributed by atoms with E-state index in [2.05, 4.69) is 30.9 Å². The van der Waals surface area contributed by atoms with Crippen LogP contribution in [0.4, 0.5) is 5.95 Å². The first-order chi connectivity index (χ1) is 10.2. The molecule has 0 fully saturated rings. The molecule has 3 heterocycles. The average Bonchev–Trinajstić information content (AvgIpc) is 3.12. The smallest absolute Gasteiger partial charge is 0.277 e. The van der Waals surface area contributed by atoms with Crippen LogP contribution in [0.3, 0.4) is 0 Å². The monoisotopic (exact) mass is 287 g/mol. The zero-order valence-corrected chi connectivity index (χ0v) is 11.5. The van der Waals surface area contributed by atoms with Gasteiger partial charge in [0.15, 0.2) is 11.4 Å². The highest BCUT2D eigenvalue weighted by Gasteiger charge is 2.21. The second-order valence-corrected chi connectivity index (χ2v) is 4.22. The van der Waals surface area contributed by atoms with Gasteiger partial charge in [-0.25, -0.2) is 4.98 Å². The van der Waals surface area contributed by atoms with Gasteiger partial charge in [-0.05, 0) is 23.8 Å². The van der Waals surface area contributed by atoms with Crippen LogP contribution in [0.5, 0.6) is 5.75 Å². The maximum absolute atomic E-state index is 12.4. The number of aryl methyl sites for hydroxylation is 1. The number of nitrogens with zero attached hydrogens (tertiary/aromatic N) is 5. The molecule has 21 heavy (non-hydrogen) atoms. The number of rotatable bonds is 4. The van der Waals surface area contributed by atoms with Crippen molar-refractivity contribution in [3.8, 4) is 5.75 Å². The summed E-state index contributed by atoms with van der Waals surface area (Å²) in [7, 11) is 1.56. The Morgan fingerprint density at radius 3 is 3.05 bits per heavy atom. The van der Waals surface area contributed by atoms with E-state index in [-0.39, 0.29) is 11.9 Å². The van der Waals surface area contributed by atoms with Crippen molar-refractivity contribution in [1.29, 1.82) is 0 Å². The molecular weight excluding hydrogens is 274 g/mol. The van der Waals surface area contributed by atoms with Gasteiger partial charge in [0.2, 0.25) is 0 Å². The second-order valence-electron chi connectivity index (χ2n) is 4.22. The number of carbonyl (C=O) groups excluding carboxylic acids is 1. The summed E-state index contributed by atoms with van der Waals surface area (Å²) in [5.41, 5.74) is 1.69. The van der Waals surface area contributed by atoms with Gasteiger partial charge in [-0.3, -0.25) is 14.5 Å². The first-order valence-electron chi connectivity index (χ1n) is 6.33. The van der Waals surface area contributed by atoms with Crippen LogP contribution in [0, 0.1) is 0 Å². The number of tetrazole rings is 1. The van der Waals surface area contributed by atoms with Crippen molar-refractivity contribution >= 4 is 17.5 Å². The Balaban J connectivity index is 2.10. The molecule has 0 aliphatic heterocycles. The molecule has 3 aromatic rings. The van der Waals surface area contributed by atoms with Gasteiger partial charge in [0.25, 0.3) is 11.9 Å². The van der Waals surface area contributed by atoms with Gasteiger partial charge in [0.05, 0.1) is 12.8 Å². The number of aromatic nitrogens is 6. The number of hydrogen-bond donors (Lipinski definition) is 2. The number of carbonyl (C=O) groups is 1. The summed E-state index contributed by atoms with van der Waals surface area (Å²) in [6.45, 7) is 1.93. The predicted octanol–water partition coefficient (Wildman–Crippen LogP) is 0.671. The maximum atomic E-state index is 12.4. The largest absolute Gasteiger partial charge is 0.493 e. The zero-order valence-electron chi connectivity index (χ0n) is 11.5. The first kappa shape index (κ1) is 13.0. The van der Waals surface area contributed by atoms with Crippen molar-refractivity contribution < 1.29 is 9.53 Å². The summed E-state index contributed by atoms with van der Waals surface area (Å²) in [5.74, 6) is 0.361. The number of ether oxygens (including phenoxy) is 1. The third-order valence-electron chi connectivity index (χ3n) is 3.03. The summed E-state index contributed by atoms with van der Waals surface area (Å²) >= 11 is 0. The molecule has 0 aliphatic carbocycles. The van der Waals surface area contributed by atoms with E-state index < -0.39 is 0 Å². The minimum atomic E-state index is -0.353. The summed E-state index contributed by atoms with van der Waals surface area (Å²) in [4.78, 5) is 16.9. The van der Waals surface area contributed by atoms with E-state index >= 15 is 0 Å². The van der Waals surface area contributed by atoms with E-state index in [0.717, 1.165) is 0 Å². The van der Waals surface area contributed by atoms with E-state index in [1.807, 2.05) is 6.92 Å². The Bertz CT molecular complexity index is 778. The number of amides is 1. The molecule has 0 aliphatic rings. The lowest BCUT2D eigenvalue weighted by atomic mass is 10.2. The Morgan fingerprint density at radius 1 is 1.52 bits per heavy atom. The number of nitrogens with one attached hydrogen (secondary N) is 2. The van der Waals surface area contributed by atoms with E-state index in [0.29, 0.717) is 29.2 Å². The van der Waals surface area contributed by atoms with E-state index in [1.165, 1.54) is 0 Å². The Morgan fingerprint density at radius 2 is 2.38 bits per heavy atom. The minimum Gasteiger partial charge on any atom is -0.493 e. The van der Waals surface area contributed by atoms with Gasteiger partial charge in [-0.1, -0.05) is 12.0 Å². The summed E-state index contributed by atoms with van der Waals surface area (Å²) in [6, 6.07) is 3.58. The van der Waals surface area contributed by atoms with Gasteiger partial charge < -0.3 is 4.74 Å². The number of anilines is 1. The molecule has 9 heteroatoms. The number of imidazole rings is 1. The molecule has 108 valence electrons. The van der Waals surface area contributed by atoms with E-state index in [4.69, 9.17) is 4.74 Å². The van der Waals surface area contributed by atoms with Gasteiger partial charge in [0.1, 0.15) is 5.69 Å². The molecule has 2 N–H and O–H groups in total. The molecule has 3 rings (SSSR count). The van der Waals surface area contributed by atoms with Crippen LogP contribution < -0.4 is 10.1 Å². The van der Waals surface area contributed by atoms with Crippen LogP contribution >= 0.6 is 0 Å². The van der Waals surface area contributed by atoms with Crippen LogP contribution in [0.1, 0.15) is 23.1 Å². The van der Waals surface area contributed by atoms with Crippen LogP contribution in [0.15, 0.2) is 18.3 Å². The fourth-order valence-corrected chi connectivity index (χ4v) is 2.11. The fraction of sp³-hybridized carbons (Fsp3) is 0.250. The Labute approximate surface area is 119 Å². The van der Waals surface area contributed by atoms with Gasteiger partial charge >= 0.3 is 0 Å². The van der Waals surface area contributed by atoms with E-state index in [1.54, 1.807) is 29.8 Å². The number of aromatic amines is 1. The highest BCUT2D eigenvalue weighted by atomic mass is 16.5. The fourth-order valence-electron chi connectivity index (χ4n) is 2.11. The molecule has 0 spiro atoms. The number of hydrogen-bond acceptors (Lipinski definition) is 6. The maximum Gasteiger partial charge on any atom is 0.277 e. The van der Waals surface area contributed by atoms with Crippen molar-refractivity contribution in [1.82, 2.24) is 30.0 Å². The molecule has 0 saturated heterocycles. The third kappa shape index (κ3) is 2.18. The third-order valence-corrected chi connectivity index (χ3v) is 3.03. The average molecular weight is 287 g/mol. The summed E-state index contributed by atoms with van der Waals surface area (Å²) < 4.78 is 6.96. The Hall–Kier alpha value is -2.97. The highest BCUT2D eigenvalue weighted by molar-refractivity contribution is 6.03. The lowest BCUT2D eigenvalue weighted by Gasteiger charge is -2.04. The van der Waals surface area contributed by atoms with Crippen LogP contribution in [0.2, 0.25) is 0 Å². The first-order valence-corrected chi connectivity index (χ1v) is 6.33. The number of pyridine rings is 1. The van der Waals surface area contributed by atoms with Crippen LogP contribution in [-0.4, -0.2) is 43.0 Å². The van der Waals surface area contributed by atoms with Gasteiger partial charge in [0, 0.05) is 6.20 Å². The molecule has 0 radical (unpaired) electrons. The standard InChI is InChI=1S/C12H13N7O2/c1-3-7-9(11(20)14-12-15-17-18-16-12)19-6-4-5-8(21-2)10(19)13-7/h4-6H,3H2,1-2H3,(H2,14,15,16,17,18,20). The predicted molar refractivity (Wildman–Crippen MR) is 73.3 cm³/mol. The van der Waals surface area contributed by atoms with Crippen molar-refractivity contribution in [2.45, 2.75) is 13.3 Å². The molecule has 0 aromatic carbocycles. The van der Waals surface area contributed by atoms with Crippen LogP contribution in [-0.2, 0) is 6.42 Å². The summed E-state index contributed by atoms with van der Waals surface area (Å²) in [5, 5.41) is 15.6. The quantitative estimate of drug-likeness (QED) is 0.729. The minimum absolute atomic E-state index is 0.111. The van der Waals surface area contributed by atoms with Crippen molar-refractivity contribution in [2.24, 2.45) is 0 Å². The van der Waals surface area contributed by atoms with Crippen molar-refractivity contribution in [3.05, 3.63) is 29.7 Å². The number of fused-ring (bicyclic) bond motifs is 1.